The highest BCUT2D eigenvalue weighted by Crippen LogP contribution is 2.33. The van der Waals surface area contributed by atoms with Gasteiger partial charge in [0, 0.05) is 25.1 Å². The number of aromatic amines is 1. The number of ether oxygens (including phenoxy) is 2. The number of H-pyrrole nitrogens is 1. The summed E-state index contributed by atoms with van der Waals surface area (Å²) in [5.74, 6) is 1.26. The summed E-state index contributed by atoms with van der Waals surface area (Å²) in [6.07, 6.45) is 3.67. The number of methoxy groups -OCH3 is 1. The van der Waals surface area contributed by atoms with Crippen LogP contribution in [0.5, 0.6) is 5.75 Å². The fraction of sp³-hybridized carbons (Fsp3) is 0.333. The second kappa shape index (κ2) is 7.69. The molecule has 0 bridgehead atoms. The van der Waals surface area contributed by atoms with Crippen LogP contribution >= 0.6 is 11.6 Å². The molecule has 11 heteroatoms. The monoisotopic (exact) mass is 437 g/mol. The van der Waals surface area contributed by atoms with Gasteiger partial charge in [0.15, 0.2) is 9.84 Å². The van der Waals surface area contributed by atoms with Crippen LogP contribution in [-0.4, -0.2) is 56.0 Å². The smallest absolute Gasteiger partial charge is 0.231 e. The number of anilines is 3. The molecule has 1 saturated heterocycles. The quantitative estimate of drug-likeness (QED) is 0.538. The van der Waals surface area contributed by atoms with Crippen LogP contribution < -0.4 is 15.4 Å². The van der Waals surface area contributed by atoms with Gasteiger partial charge < -0.3 is 25.1 Å². The number of fused-ring (bicyclic) bond motifs is 1. The summed E-state index contributed by atoms with van der Waals surface area (Å²) in [6, 6.07) is 4.70. The zero-order valence-corrected chi connectivity index (χ0v) is 17.4. The standard InChI is InChI=1S/C18H20ClN5O4S/c1-27-14-7-11(29(2,25)26)3-4-13(14)22-18-23-16-15(12(19)8-20-16)17(24-18)21-10-5-6-28-9-10/h3-4,7-8,10H,5-6,9H2,1-2H3,(H3,20,21,22,23,24). The number of benzene rings is 1. The molecule has 29 heavy (non-hydrogen) atoms. The lowest BCUT2D eigenvalue weighted by atomic mass is 10.2. The summed E-state index contributed by atoms with van der Waals surface area (Å²) in [6.45, 7) is 1.29. The number of halogens is 1. The van der Waals surface area contributed by atoms with Crippen LogP contribution in [0.15, 0.2) is 29.3 Å². The largest absolute Gasteiger partial charge is 0.495 e. The zero-order valence-electron chi connectivity index (χ0n) is 15.8. The molecule has 1 aromatic carbocycles. The van der Waals surface area contributed by atoms with Crippen LogP contribution in [0.3, 0.4) is 0 Å². The molecule has 0 saturated carbocycles. The summed E-state index contributed by atoms with van der Waals surface area (Å²) in [5, 5.41) is 7.67. The van der Waals surface area contributed by atoms with Crippen LogP contribution in [0.4, 0.5) is 17.5 Å². The molecule has 3 N–H and O–H groups in total. The number of sulfone groups is 1. The van der Waals surface area contributed by atoms with Gasteiger partial charge >= 0.3 is 0 Å². The van der Waals surface area contributed by atoms with E-state index in [1.807, 2.05) is 0 Å². The molecule has 3 heterocycles. The first-order chi connectivity index (χ1) is 13.8. The van der Waals surface area contributed by atoms with Crippen molar-refractivity contribution in [2.75, 3.05) is 37.2 Å². The van der Waals surface area contributed by atoms with Crippen LogP contribution in [0.2, 0.25) is 5.02 Å². The van der Waals surface area contributed by atoms with Gasteiger partial charge in [-0.15, -0.1) is 0 Å². The van der Waals surface area contributed by atoms with Gasteiger partial charge in [-0.2, -0.15) is 9.97 Å². The molecule has 9 nitrogen and oxygen atoms in total. The summed E-state index contributed by atoms with van der Waals surface area (Å²) in [4.78, 5) is 12.2. The number of aromatic nitrogens is 3. The van der Waals surface area contributed by atoms with Gasteiger partial charge in [-0.3, -0.25) is 0 Å². The van der Waals surface area contributed by atoms with E-state index in [1.165, 1.54) is 19.2 Å². The maximum absolute atomic E-state index is 11.8. The van der Waals surface area contributed by atoms with Crippen LogP contribution in [-0.2, 0) is 14.6 Å². The van der Waals surface area contributed by atoms with Crippen LogP contribution in [0.1, 0.15) is 6.42 Å². The fourth-order valence-corrected chi connectivity index (χ4v) is 3.99. The Hall–Kier alpha value is -2.56. The third-order valence-electron chi connectivity index (χ3n) is 4.60. The van der Waals surface area contributed by atoms with Gasteiger partial charge in [0.05, 0.1) is 40.8 Å². The minimum atomic E-state index is -3.35. The lowest BCUT2D eigenvalue weighted by Crippen LogP contribution is -2.20. The molecule has 1 aliphatic rings. The Morgan fingerprint density at radius 1 is 1.34 bits per heavy atom. The van der Waals surface area contributed by atoms with E-state index in [0.717, 1.165) is 12.7 Å². The molecule has 1 fully saturated rings. The van der Waals surface area contributed by atoms with E-state index in [0.29, 0.717) is 52.5 Å². The summed E-state index contributed by atoms with van der Waals surface area (Å²) in [5.41, 5.74) is 1.10. The van der Waals surface area contributed by atoms with Crippen LogP contribution in [0.25, 0.3) is 11.0 Å². The van der Waals surface area contributed by atoms with Crippen molar-refractivity contribution in [3.05, 3.63) is 29.4 Å². The van der Waals surface area contributed by atoms with Crippen molar-refractivity contribution in [2.45, 2.75) is 17.4 Å². The van der Waals surface area contributed by atoms with Crippen molar-refractivity contribution in [2.24, 2.45) is 0 Å². The topological polar surface area (TPSA) is 118 Å². The van der Waals surface area contributed by atoms with Gasteiger partial charge in [-0.05, 0) is 18.6 Å². The first-order valence-electron chi connectivity index (χ1n) is 8.89. The van der Waals surface area contributed by atoms with E-state index in [4.69, 9.17) is 21.1 Å². The number of hydrogen-bond acceptors (Lipinski definition) is 8. The Morgan fingerprint density at radius 3 is 2.86 bits per heavy atom. The SMILES string of the molecule is COc1cc(S(C)(=O)=O)ccc1Nc1nc(NC2CCOC2)c2c(Cl)c[nH]c2n1. The molecule has 1 atom stereocenters. The van der Waals surface area contributed by atoms with E-state index in [2.05, 4.69) is 25.6 Å². The second-order valence-electron chi connectivity index (χ2n) is 6.72. The van der Waals surface area contributed by atoms with Gasteiger partial charge in [-0.25, -0.2) is 8.42 Å². The number of rotatable bonds is 6. The average molecular weight is 438 g/mol. The number of nitrogens with one attached hydrogen (secondary N) is 3. The van der Waals surface area contributed by atoms with E-state index < -0.39 is 9.84 Å². The third-order valence-corrected chi connectivity index (χ3v) is 6.01. The average Bonchev–Trinajstić information content (AvgIpc) is 3.31. The molecule has 0 amide bonds. The molecule has 1 unspecified atom stereocenters. The van der Waals surface area contributed by atoms with Gasteiger partial charge in [0.25, 0.3) is 0 Å². The van der Waals surface area contributed by atoms with E-state index in [9.17, 15) is 8.42 Å². The minimum Gasteiger partial charge on any atom is -0.495 e. The molecule has 4 rings (SSSR count). The normalized spacial score (nSPS) is 16.9. The maximum atomic E-state index is 11.8. The molecular weight excluding hydrogens is 418 g/mol. The summed E-state index contributed by atoms with van der Waals surface area (Å²) in [7, 11) is -1.89. The number of hydrogen-bond donors (Lipinski definition) is 3. The van der Waals surface area contributed by atoms with E-state index in [1.54, 1.807) is 12.3 Å². The Morgan fingerprint density at radius 2 is 2.17 bits per heavy atom. The molecule has 0 aliphatic carbocycles. The highest BCUT2D eigenvalue weighted by molar-refractivity contribution is 7.90. The molecule has 154 valence electrons. The van der Waals surface area contributed by atoms with Gasteiger partial charge in [-0.1, -0.05) is 11.6 Å². The highest BCUT2D eigenvalue weighted by Gasteiger charge is 2.20. The van der Waals surface area contributed by atoms with Crippen molar-refractivity contribution in [3.8, 4) is 5.75 Å². The molecule has 0 spiro atoms. The number of nitrogens with zero attached hydrogens (tertiary/aromatic N) is 2. The lowest BCUT2D eigenvalue weighted by Gasteiger charge is -2.15. The van der Waals surface area contributed by atoms with Crippen molar-refractivity contribution in [3.63, 3.8) is 0 Å². The van der Waals surface area contributed by atoms with Gasteiger partial charge in [0.2, 0.25) is 5.95 Å². The van der Waals surface area contributed by atoms with E-state index >= 15 is 0 Å². The predicted octanol–water partition coefficient (Wildman–Crippen LogP) is 2.97. The minimum absolute atomic E-state index is 0.135. The first kappa shape index (κ1) is 19.7. The molecule has 0 radical (unpaired) electrons. The molecular formula is C18H20ClN5O4S. The Balaban J connectivity index is 1.71. The Bertz CT molecular complexity index is 1160. The van der Waals surface area contributed by atoms with Crippen molar-refractivity contribution in [1.29, 1.82) is 0 Å². The zero-order chi connectivity index (χ0) is 20.6. The van der Waals surface area contributed by atoms with E-state index in [-0.39, 0.29) is 10.9 Å². The summed E-state index contributed by atoms with van der Waals surface area (Å²) < 4.78 is 34.3. The summed E-state index contributed by atoms with van der Waals surface area (Å²) >= 11 is 6.30. The van der Waals surface area contributed by atoms with Crippen molar-refractivity contribution in [1.82, 2.24) is 15.0 Å². The Kier molecular flexibility index (Phi) is 5.24. The lowest BCUT2D eigenvalue weighted by molar-refractivity contribution is 0.195. The van der Waals surface area contributed by atoms with Crippen LogP contribution in [0, 0.1) is 0 Å². The Labute approximate surface area is 172 Å². The second-order valence-corrected chi connectivity index (χ2v) is 9.14. The molecule has 3 aromatic rings. The van der Waals surface area contributed by atoms with Crippen molar-refractivity contribution >= 4 is 49.9 Å². The molecule has 1 aliphatic heterocycles. The predicted molar refractivity (Wildman–Crippen MR) is 111 cm³/mol. The van der Waals surface area contributed by atoms with Crippen molar-refractivity contribution < 1.29 is 17.9 Å². The fourth-order valence-electron chi connectivity index (χ4n) is 3.12. The first-order valence-corrected chi connectivity index (χ1v) is 11.2. The maximum Gasteiger partial charge on any atom is 0.231 e. The highest BCUT2D eigenvalue weighted by atomic mass is 35.5. The third kappa shape index (κ3) is 4.09. The van der Waals surface area contributed by atoms with Gasteiger partial charge in [0.1, 0.15) is 17.2 Å². The molecule has 2 aromatic heterocycles.